The van der Waals surface area contributed by atoms with Crippen LogP contribution in [-0.2, 0) is 6.42 Å². The van der Waals surface area contributed by atoms with Crippen LogP contribution in [0.3, 0.4) is 0 Å². The quantitative estimate of drug-likeness (QED) is 0.897. The molecule has 0 amide bonds. The molecule has 1 aliphatic carbocycles. The first-order chi connectivity index (χ1) is 10.2. The number of fused-ring (bicyclic) bond motifs is 1. The Kier molecular flexibility index (Phi) is 4.41. The van der Waals surface area contributed by atoms with Crippen molar-refractivity contribution in [3.8, 4) is 0 Å². The Bertz CT molecular complexity index is 617. The summed E-state index contributed by atoms with van der Waals surface area (Å²) in [6.45, 7) is 4.24. The number of hydrogen-bond donors (Lipinski definition) is 1. The van der Waals surface area contributed by atoms with Gasteiger partial charge in [-0.1, -0.05) is 24.3 Å². The van der Waals surface area contributed by atoms with Crippen molar-refractivity contribution >= 4 is 11.3 Å². The molecule has 2 atom stereocenters. The topological polar surface area (TPSA) is 24.9 Å². The van der Waals surface area contributed by atoms with Crippen LogP contribution in [0.4, 0.5) is 0 Å². The summed E-state index contributed by atoms with van der Waals surface area (Å²) in [5.74, 6) is 0.675. The molecule has 0 spiro atoms. The van der Waals surface area contributed by atoms with Gasteiger partial charge in [0, 0.05) is 10.9 Å². The summed E-state index contributed by atoms with van der Waals surface area (Å²) in [4.78, 5) is 6.01. The van der Waals surface area contributed by atoms with Gasteiger partial charge in [-0.25, -0.2) is 4.98 Å². The number of hydrogen-bond acceptors (Lipinski definition) is 3. The first kappa shape index (κ1) is 14.7. The van der Waals surface area contributed by atoms with Gasteiger partial charge in [-0.2, -0.15) is 0 Å². The van der Waals surface area contributed by atoms with Crippen LogP contribution >= 0.6 is 11.3 Å². The van der Waals surface area contributed by atoms with Gasteiger partial charge >= 0.3 is 0 Å². The van der Waals surface area contributed by atoms with E-state index in [1.54, 1.807) is 11.1 Å². The van der Waals surface area contributed by atoms with Crippen molar-refractivity contribution in [2.24, 2.45) is 0 Å². The lowest BCUT2D eigenvalue weighted by molar-refractivity contribution is 0.442. The van der Waals surface area contributed by atoms with Crippen LogP contribution in [-0.4, -0.2) is 12.0 Å². The number of rotatable bonds is 4. The average Bonchev–Trinajstić information content (AvgIpc) is 2.83. The SMILES string of the molecule is CNC(CC1CCCc2ccccc21)c1sc(C)nc1C. The van der Waals surface area contributed by atoms with Crippen LogP contribution in [0.1, 0.15) is 57.9 Å². The van der Waals surface area contributed by atoms with E-state index in [-0.39, 0.29) is 0 Å². The van der Waals surface area contributed by atoms with Crippen LogP contribution in [0.25, 0.3) is 0 Å². The molecule has 2 aromatic rings. The second-order valence-corrected chi connectivity index (χ2v) is 7.28. The molecule has 112 valence electrons. The van der Waals surface area contributed by atoms with Crippen molar-refractivity contribution < 1.29 is 0 Å². The molecule has 0 aliphatic heterocycles. The van der Waals surface area contributed by atoms with Gasteiger partial charge in [0.05, 0.1) is 10.7 Å². The van der Waals surface area contributed by atoms with E-state index in [9.17, 15) is 0 Å². The Morgan fingerprint density at radius 2 is 2.14 bits per heavy atom. The van der Waals surface area contributed by atoms with E-state index < -0.39 is 0 Å². The Morgan fingerprint density at radius 3 is 2.86 bits per heavy atom. The van der Waals surface area contributed by atoms with Gasteiger partial charge in [-0.05, 0) is 63.6 Å². The van der Waals surface area contributed by atoms with Crippen molar-refractivity contribution in [2.75, 3.05) is 7.05 Å². The third-order valence-corrected chi connectivity index (χ3v) is 5.80. The Labute approximate surface area is 131 Å². The van der Waals surface area contributed by atoms with Crippen LogP contribution in [0.5, 0.6) is 0 Å². The van der Waals surface area contributed by atoms with E-state index in [0.29, 0.717) is 12.0 Å². The smallest absolute Gasteiger partial charge is 0.0900 e. The summed E-state index contributed by atoms with van der Waals surface area (Å²) in [6.07, 6.45) is 5.05. The molecule has 0 bridgehead atoms. The van der Waals surface area contributed by atoms with Crippen molar-refractivity contribution in [1.82, 2.24) is 10.3 Å². The monoisotopic (exact) mass is 300 g/mol. The minimum absolute atomic E-state index is 0.423. The average molecular weight is 300 g/mol. The molecule has 1 aliphatic rings. The van der Waals surface area contributed by atoms with Crippen LogP contribution < -0.4 is 5.32 Å². The molecule has 0 radical (unpaired) electrons. The highest BCUT2D eigenvalue weighted by Gasteiger charge is 2.25. The van der Waals surface area contributed by atoms with E-state index in [2.05, 4.69) is 55.5 Å². The maximum atomic E-state index is 4.60. The first-order valence-electron chi connectivity index (χ1n) is 7.88. The fraction of sp³-hybridized carbons (Fsp3) is 0.500. The summed E-state index contributed by atoms with van der Waals surface area (Å²) in [7, 11) is 2.08. The number of nitrogens with zero attached hydrogens (tertiary/aromatic N) is 1. The second kappa shape index (κ2) is 6.29. The van der Waals surface area contributed by atoms with E-state index in [0.717, 1.165) is 0 Å². The predicted octanol–water partition coefficient (Wildman–Crippen LogP) is 4.53. The molecular formula is C18H24N2S. The van der Waals surface area contributed by atoms with Crippen LogP contribution in [0, 0.1) is 13.8 Å². The Balaban J connectivity index is 1.84. The molecule has 2 unspecified atom stereocenters. The lowest BCUT2D eigenvalue weighted by atomic mass is 9.79. The highest BCUT2D eigenvalue weighted by atomic mass is 32.1. The van der Waals surface area contributed by atoms with Gasteiger partial charge < -0.3 is 5.32 Å². The molecule has 0 saturated heterocycles. The maximum Gasteiger partial charge on any atom is 0.0900 e. The molecule has 2 nitrogen and oxygen atoms in total. The normalized spacial score (nSPS) is 19.3. The number of benzene rings is 1. The zero-order chi connectivity index (χ0) is 14.8. The highest BCUT2D eigenvalue weighted by molar-refractivity contribution is 7.11. The van der Waals surface area contributed by atoms with Gasteiger partial charge in [0.1, 0.15) is 0 Å². The number of aromatic nitrogens is 1. The molecule has 1 aromatic carbocycles. The van der Waals surface area contributed by atoms with Crippen molar-refractivity contribution in [1.29, 1.82) is 0 Å². The fourth-order valence-electron chi connectivity index (χ4n) is 3.61. The van der Waals surface area contributed by atoms with Crippen LogP contribution in [0.2, 0.25) is 0 Å². The highest BCUT2D eigenvalue weighted by Crippen LogP contribution is 2.39. The largest absolute Gasteiger partial charge is 0.312 e. The van der Waals surface area contributed by atoms with Gasteiger partial charge in [-0.15, -0.1) is 11.3 Å². The zero-order valence-electron chi connectivity index (χ0n) is 13.1. The van der Waals surface area contributed by atoms with Crippen molar-refractivity contribution in [3.05, 3.63) is 51.0 Å². The number of thiazole rings is 1. The van der Waals surface area contributed by atoms with E-state index in [1.165, 1.54) is 41.3 Å². The Hall–Kier alpha value is -1.19. The van der Waals surface area contributed by atoms with Gasteiger partial charge in [-0.3, -0.25) is 0 Å². The standard InChI is InChI=1S/C18H24N2S/c1-12-18(21-13(2)20-12)17(19-3)11-15-9-6-8-14-7-4-5-10-16(14)15/h4-5,7,10,15,17,19H,6,8-9,11H2,1-3H3. The lowest BCUT2D eigenvalue weighted by Crippen LogP contribution is -2.21. The molecule has 3 heteroatoms. The second-order valence-electron chi connectivity index (χ2n) is 6.05. The molecular weight excluding hydrogens is 276 g/mol. The third kappa shape index (κ3) is 3.04. The summed E-state index contributed by atoms with van der Waals surface area (Å²) < 4.78 is 0. The van der Waals surface area contributed by atoms with Gasteiger partial charge in [0.25, 0.3) is 0 Å². The minimum atomic E-state index is 0.423. The summed E-state index contributed by atoms with van der Waals surface area (Å²) >= 11 is 1.84. The lowest BCUT2D eigenvalue weighted by Gasteiger charge is -2.28. The third-order valence-electron chi connectivity index (χ3n) is 4.62. The molecule has 1 heterocycles. The zero-order valence-corrected chi connectivity index (χ0v) is 14.0. The summed E-state index contributed by atoms with van der Waals surface area (Å²) in [6, 6.07) is 9.42. The predicted molar refractivity (Wildman–Crippen MR) is 90.1 cm³/mol. The van der Waals surface area contributed by atoms with Crippen molar-refractivity contribution in [3.63, 3.8) is 0 Å². The minimum Gasteiger partial charge on any atom is -0.312 e. The van der Waals surface area contributed by atoms with Crippen LogP contribution in [0.15, 0.2) is 24.3 Å². The van der Waals surface area contributed by atoms with Gasteiger partial charge in [0.2, 0.25) is 0 Å². The first-order valence-corrected chi connectivity index (χ1v) is 8.69. The number of nitrogens with one attached hydrogen (secondary N) is 1. The van der Waals surface area contributed by atoms with E-state index in [1.807, 2.05) is 11.3 Å². The molecule has 0 saturated carbocycles. The molecule has 1 N–H and O–H groups in total. The van der Waals surface area contributed by atoms with Crippen molar-refractivity contribution in [2.45, 2.75) is 51.5 Å². The summed E-state index contributed by atoms with van der Waals surface area (Å²) in [5, 5.41) is 4.69. The van der Waals surface area contributed by atoms with Gasteiger partial charge in [0.15, 0.2) is 0 Å². The maximum absolute atomic E-state index is 4.60. The molecule has 1 aromatic heterocycles. The van der Waals surface area contributed by atoms with E-state index in [4.69, 9.17) is 0 Å². The number of aryl methyl sites for hydroxylation is 3. The fourth-order valence-corrected chi connectivity index (χ4v) is 4.66. The Morgan fingerprint density at radius 1 is 1.33 bits per heavy atom. The summed E-state index contributed by atoms with van der Waals surface area (Å²) in [5.41, 5.74) is 4.32. The van der Waals surface area contributed by atoms with E-state index >= 15 is 0 Å². The molecule has 21 heavy (non-hydrogen) atoms. The molecule has 3 rings (SSSR count). The molecule has 0 fully saturated rings.